The number of nitrogens with one attached hydrogen (secondary N) is 1. The Balaban J connectivity index is 1.78. The van der Waals surface area contributed by atoms with E-state index in [4.69, 9.17) is 4.74 Å². The first-order valence-electron chi connectivity index (χ1n) is 5.59. The highest BCUT2D eigenvalue weighted by atomic mass is 16.5. The molecule has 1 heterocycles. The maximum Gasteiger partial charge on any atom is 0.120 e. The summed E-state index contributed by atoms with van der Waals surface area (Å²) >= 11 is 0. The molecular formula is C12H14N2O2. The number of aliphatic hydroxyl groups excluding tert-OH is 1. The molecule has 0 unspecified atom stereocenters. The Hall–Kier alpha value is -1.55. The minimum atomic E-state index is -0.192. The second-order valence-corrected chi connectivity index (χ2v) is 4.33. The van der Waals surface area contributed by atoms with E-state index in [9.17, 15) is 5.11 Å². The van der Waals surface area contributed by atoms with Crippen LogP contribution in [-0.2, 0) is 0 Å². The van der Waals surface area contributed by atoms with Crippen molar-refractivity contribution in [1.29, 1.82) is 0 Å². The van der Waals surface area contributed by atoms with Crippen molar-refractivity contribution in [2.45, 2.75) is 31.5 Å². The van der Waals surface area contributed by atoms with Crippen LogP contribution in [0.25, 0.3) is 10.9 Å². The van der Waals surface area contributed by atoms with E-state index < -0.39 is 0 Å². The van der Waals surface area contributed by atoms with Gasteiger partial charge < -0.3 is 9.84 Å². The second kappa shape index (κ2) is 3.79. The van der Waals surface area contributed by atoms with E-state index in [1.807, 2.05) is 18.2 Å². The quantitative estimate of drug-likeness (QED) is 0.808. The van der Waals surface area contributed by atoms with Gasteiger partial charge in [-0.25, -0.2) is 0 Å². The molecule has 3 rings (SSSR count). The Kier molecular flexibility index (Phi) is 2.29. The summed E-state index contributed by atoms with van der Waals surface area (Å²) in [5.74, 6) is 0.855. The lowest BCUT2D eigenvalue weighted by molar-refractivity contribution is 0.150. The third kappa shape index (κ3) is 1.76. The standard InChI is InChI=1S/C12H14N2O2/c15-9-1-2-11(6-9)16-10-3-4-12-8(5-10)7-13-14-12/h3-5,7,9,11,15H,1-2,6H2,(H,13,14)/t9-,11-/m0/s1. The second-order valence-electron chi connectivity index (χ2n) is 4.33. The maximum atomic E-state index is 9.42. The molecule has 0 saturated heterocycles. The fraction of sp³-hybridized carbons (Fsp3) is 0.417. The van der Waals surface area contributed by atoms with E-state index in [0.29, 0.717) is 0 Å². The molecule has 2 atom stereocenters. The fourth-order valence-electron chi connectivity index (χ4n) is 2.21. The molecule has 1 aliphatic rings. The summed E-state index contributed by atoms with van der Waals surface area (Å²) in [6.07, 6.45) is 4.26. The van der Waals surface area contributed by atoms with E-state index in [1.54, 1.807) is 6.20 Å². The van der Waals surface area contributed by atoms with Crippen LogP contribution in [0.3, 0.4) is 0 Å². The Labute approximate surface area is 93.2 Å². The van der Waals surface area contributed by atoms with E-state index in [0.717, 1.165) is 35.9 Å². The Morgan fingerprint density at radius 1 is 1.38 bits per heavy atom. The van der Waals surface area contributed by atoms with E-state index >= 15 is 0 Å². The molecule has 4 heteroatoms. The van der Waals surface area contributed by atoms with Crippen LogP contribution in [0.15, 0.2) is 24.4 Å². The first kappa shape index (κ1) is 9.66. The number of aromatic amines is 1. The Morgan fingerprint density at radius 2 is 2.31 bits per heavy atom. The molecule has 2 aromatic rings. The molecule has 0 radical (unpaired) electrons. The summed E-state index contributed by atoms with van der Waals surface area (Å²) in [6.45, 7) is 0. The van der Waals surface area contributed by atoms with Crippen LogP contribution >= 0.6 is 0 Å². The minimum absolute atomic E-state index is 0.152. The van der Waals surface area contributed by atoms with Crippen LogP contribution < -0.4 is 4.74 Å². The Morgan fingerprint density at radius 3 is 3.12 bits per heavy atom. The van der Waals surface area contributed by atoms with Crippen LogP contribution in [0.5, 0.6) is 5.75 Å². The zero-order valence-corrected chi connectivity index (χ0v) is 8.89. The predicted molar refractivity (Wildman–Crippen MR) is 60.4 cm³/mol. The molecule has 1 fully saturated rings. The van der Waals surface area contributed by atoms with Gasteiger partial charge in [-0.1, -0.05) is 0 Å². The molecule has 16 heavy (non-hydrogen) atoms. The van der Waals surface area contributed by atoms with E-state index in [2.05, 4.69) is 10.2 Å². The van der Waals surface area contributed by atoms with Crippen molar-refractivity contribution in [3.63, 3.8) is 0 Å². The summed E-state index contributed by atoms with van der Waals surface area (Å²) in [6, 6.07) is 5.87. The first-order chi connectivity index (χ1) is 7.81. The van der Waals surface area contributed by atoms with Crippen molar-refractivity contribution >= 4 is 10.9 Å². The number of nitrogens with zero attached hydrogens (tertiary/aromatic N) is 1. The summed E-state index contributed by atoms with van der Waals surface area (Å²) < 4.78 is 5.82. The van der Waals surface area contributed by atoms with Crippen molar-refractivity contribution in [3.05, 3.63) is 24.4 Å². The zero-order valence-electron chi connectivity index (χ0n) is 8.89. The van der Waals surface area contributed by atoms with Gasteiger partial charge in [-0.2, -0.15) is 5.10 Å². The lowest BCUT2D eigenvalue weighted by Crippen LogP contribution is -2.13. The SMILES string of the molecule is O[C@H]1CC[C@H](Oc2ccc3[nH]ncc3c2)C1. The molecule has 0 amide bonds. The predicted octanol–water partition coefficient (Wildman–Crippen LogP) is 1.86. The third-order valence-corrected chi connectivity index (χ3v) is 3.07. The number of aromatic nitrogens is 2. The van der Waals surface area contributed by atoms with Crippen LogP contribution in [0.4, 0.5) is 0 Å². The number of benzene rings is 1. The molecule has 0 aliphatic heterocycles. The van der Waals surface area contributed by atoms with Gasteiger partial charge in [0.25, 0.3) is 0 Å². The smallest absolute Gasteiger partial charge is 0.120 e. The molecule has 84 valence electrons. The fourth-order valence-corrected chi connectivity index (χ4v) is 2.21. The molecule has 0 bridgehead atoms. The van der Waals surface area contributed by atoms with Crippen molar-refractivity contribution in [3.8, 4) is 5.75 Å². The number of hydrogen-bond donors (Lipinski definition) is 2. The molecular weight excluding hydrogens is 204 g/mol. The maximum absolute atomic E-state index is 9.42. The lowest BCUT2D eigenvalue weighted by Gasteiger charge is -2.12. The largest absolute Gasteiger partial charge is 0.490 e. The molecule has 1 aliphatic carbocycles. The highest BCUT2D eigenvalue weighted by Crippen LogP contribution is 2.26. The van der Waals surface area contributed by atoms with E-state index in [1.165, 1.54) is 0 Å². The highest BCUT2D eigenvalue weighted by Gasteiger charge is 2.24. The normalized spacial score (nSPS) is 25.1. The monoisotopic (exact) mass is 218 g/mol. The molecule has 4 nitrogen and oxygen atoms in total. The lowest BCUT2D eigenvalue weighted by atomic mass is 10.2. The van der Waals surface area contributed by atoms with Gasteiger partial charge >= 0.3 is 0 Å². The van der Waals surface area contributed by atoms with Crippen LogP contribution in [-0.4, -0.2) is 27.5 Å². The molecule has 1 aromatic carbocycles. The minimum Gasteiger partial charge on any atom is -0.490 e. The summed E-state index contributed by atoms with van der Waals surface area (Å²) in [5, 5.41) is 17.3. The molecule has 1 saturated carbocycles. The number of hydrogen-bond acceptors (Lipinski definition) is 3. The highest BCUT2D eigenvalue weighted by molar-refractivity contribution is 5.79. The summed E-state index contributed by atoms with van der Waals surface area (Å²) in [5.41, 5.74) is 1.01. The number of rotatable bonds is 2. The first-order valence-corrected chi connectivity index (χ1v) is 5.59. The van der Waals surface area contributed by atoms with Crippen molar-refractivity contribution in [2.24, 2.45) is 0 Å². The van der Waals surface area contributed by atoms with Gasteiger partial charge in [0, 0.05) is 11.8 Å². The van der Waals surface area contributed by atoms with Crippen LogP contribution in [0.2, 0.25) is 0 Å². The van der Waals surface area contributed by atoms with Gasteiger partial charge in [-0.15, -0.1) is 0 Å². The number of fused-ring (bicyclic) bond motifs is 1. The van der Waals surface area contributed by atoms with Gasteiger partial charge in [0.2, 0.25) is 0 Å². The average molecular weight is 218 g/mol. The van der Waals surface area contributed by atoms with Crippen molar-refractivity contribution in [1.82, 2.24) is 10.2 Å². The summed E-state index contributed by atoms with van der Waals surface area (Å²) in [4.78, 5) is 0. The van der Waals surface area contributed by atoms with Gasteiger partial charge in [-0.05, 0) is 31.0 Å². The number of aliphatic hydroxyl groups is 1. The summed E-state index contributed by atoms with van der Waals surface area (Å²) in [7, 11) is 0. The number of ether oxygens (including phenoxy) is 1. The zero-order chi connectivity index (χ0) is 11.0. The van der Waals surface area contributed by atoms with Crippen molar-refractivity contribution < 1.29 is 9.84 Å². The van der Waals surface area contributed by atoms with Crippen LogP contribution in [0, 0.1) is 0 Å². The molecule has 1 aromatic heterocycles. The molecule has 0 spiro atoms. The van der Waals surface area contributed by atoms with Gasteiger partial charge in [-0.3, -0.25) is 5.10 Å². The van der Waals surface area contributed by atoms with Crippen molar-refractivity contribution in [2.75, 3.05) is 0 Å². The Bertz CT molecular complexity index is 494. The van der Waals surface area contributed by atoms with Gasteiger partial charge in [0.1, 0.15) is 11.9 Å². The van der Waals surface area contributed by atoms with Gasteiger partial charge in [0.05, 0.1) is 17.8 Å². The number of H-pyrrole nitrogens is 1. The topological polar surface area (TPSA) is 58.1 Å². The van der Waals surface area contributed by atoms with Crippen LogP contribution in [0.1, 0.15) is 19.3 Å². The third-order valence-electron chi connectivity index (χ3n) is 3.07. The molecule has 2 N–H and O–H groups in total. The van der Waals surface area contributed by atoms with Gasteiger partial charge in [0.15, 0.2) is 0 Å². The average Bonchev–Trinajstić information content (AvgIpc) is 2.87. The van der Waals surface area contributed by atoms with E-state index in [-0.39, 0.29) is 12.2 Å².